The Morgan fingerprint density at radius 1 is 0.788 bits per heavy atom. The van der Waals surface area contributed by atoms with Gasteiger partial charge in [-0.05, 0) is 36.4 Å². The lowest BCUT2D eigenvalue weighted by molar-refractivity contribution is 0.415. The minimum atomic E-state index is 0.763. The van der Waals surface area contributed by atoms with Crippen molar-refractivity contribution >= 4 is 23.1 Å². The molecule has 0 bridgehead atoms. The molecule has 1 aliphatic rings. The molecule has 0 unspecified atom stereocenters. The normalized spacial score (nSPS) is 13.6. The SMILES string of the molecule is COc1ccc(Nc2cc(-c3ccccc3)nnc2N2CCN(c3ncccn3)CC2)cc1. The zero-order valence-electron chi connectivity index (χ0n) is 18.4. The fourth-order valence-corrected chi connectivity index (χ4v) is 3.86. The van der Waals surface area contributed by atoms with Crippen LogP contribution in [0.5, 0.6) is 5.75 Å². The monoisotopic (exact) mass is 439 g/mol. The standard InChI is InChI=1S/C25H25N7O/c1-33-21-10-8-20(9-11-21)28-23-18-22(19-6-3-2-4-7-19)29-30-24(23)31-14-16-32(17-15-31)25-26-12-5-13-27-25/h2-13,18H,14-17H2,1H3,(H,28,29). The van der Waals surface area contributed by atoms with Crippen LogP contribution in [0.25, 0.3) is 11.3 Å². The van der Waals surface area contributed by atoms with Crippen LogP contribution < -0.4 is 19.9 Å². The van der Waals surface area contributed by atoms with Crippen LogP contribution in [0, 0.1) is 0 Å². The molecule has 0 amide bonds. The molecule has 33 heavy (non-hydrogen) atoms. The molecule has 2 aromatic carbocycles. The summed E-state index contributed by atoms with van der Waals surface area (Å²) in [5.41, 5.74) is 3.73. The lowest BCUT2D eigenvalue weighted by Gasteiger charge is -2.35. The first-order valence-electron chi connectivity index (χ1n) is 10.9. The van der Waals surface area contributed by atoms with E-state index >= 15 is 0 Å². The molecule has 4 aromatic rings. The number of aromatic nitrogens is 4. The molecule has 8 nitrogen and oxygen atoms in total. The summed E-state index contributed by atoms with van der Waals surface area (Å²) in [5, 5.41) is 12.7. The number of nitrogens with one attached hydrogen (secondary N) is 1. The van der Waals surface area contributed by atoms with Gasteiger partial charge in [0.25, 0.3) is 0 Å². The number of rotatable bonds is 6. The highest BCUT2D eigenvalue weighted by Gasteiger charge is 2.23. The van der Waals surface area contributed by atoms with Gasteiger partial charge in [-0.2, -0.15) is 0 Å². The Morgan fingerprint density at radius 2 is 1.48 bits per heavy atom. The lowest BCUT2D eigenvalue weighted by Crippen LogP contribution is -2.47. The third-order valence-electron chi connectivity index (χ3n) is 5.63. The summed E-state index contributed by atoms with van der Waals surface area (Å²) in [6.45, 7) is 3.23. The van der Waals surface area contributed by atoms with E-state index in [-0.39, 0.29) is 0 Å². The van der Waals surface area contributed by atoms with Crippen molar-refractivity contribution in [2.24, 2.45) is 0 Å². The van der Waals surface area contributed by atoms with Crippen LogP contribution in [-0.2, 0) is 0 Å². The molecule has 2 aromatic heterocycles. The van der Waals surface area contributed by atoms with Crippen molar-refractivity contribution in [2.45, 2.75) is 0 Å². The molecular formula is C25H25N7O. The van der Waals surface area contributed by atoms with Crippen molar-refractivity contribution in [1.82, 2.24) is 20.2 Å². The summed E-state index contributed by atoms with van der Waals surface area (Å²) >= 11 is 0. The van der Waals surface area contributed by atoms with Crippen LogP contribution in [0.3, 0.4) is 0 Å². The third kappa shape index (κ3) is 4.69. The van der Waals surface area contributed by atoms with Gasteiger partial charge in [0.15, 0.2) is 5.82 Å². The summed E-state index contributed by atoms with van der Waals surface area (Å²) in [6.07, 6.45) is 3.55. The van der Waals surface area contributed by atoms with E-state index in [1.165, 1.54) is 0 Å². The topological polar surface area (TPSA) is 79.3 Å². The maximum absolute atomic E-state index is 5.29. The summed E-state index contributed by atoms with van der Waals surface area (Å²) < 4.78 is 5.29. The molecule has 1 N–H and O–H groups in total. The molecule has 166 valence electrons. The van der Waals surface area contributed by atoms with E-state index in [0.29, 0.717) is 0 Å². The molecule has 1 fully saturated rings. The largest absolute Gasteiger partial charge is 0.497 e. The quantitative estimate of drug-likeness (QED) is 0.483. The van der Waals surface area contributed by atoms with Gasteiger partial charge in [0, 0.05) is 49.8 Å². The van der Waals surface area contributed by atoms with Gasteiger partial charge in [-0.3, -0.25) is 0 Å². The van der Waals surface area contributed by atoms with E-state index in [2.05, 4.69) is 41.3 Å². The van der Waals surface area contributed by atoms with Crippen molar-refractivity contribution in [2.75, 3.05) is 48.4 Å². The van der Waals surface area contributed by atoms with Gasteiger partial charge in [0.1, 0.15) is 5.75 Å². The molecule has 5 rings (SSSR count). The smallest absolute Gasteiger partial charge is 0.225 e. The molecule has 0 saturated carbocycles. The minimum absolute atomic E-state index is 0.763. The highest BCUT2D eigenvalue weighted by molar-refractivity contribution is 5.76. The van der Waals surface area contributed by atoms with Gasteiger partial charge in [-0.25, -0.2) is 9.97 Å². The number of hydrogen-bond donors (Lipinski definition) is 1. The van der Waals surface area contributed by atoms with E-state index in [0.717, 1.165) is 66.3 Å². The fraction of sp³-hybridized carbons (Fsp3) is 0.200. The predicted octanol–water partition coefficient (Wildman–Crippen LogP) is 4.01. The first kappa shape index (κ1) is 20.7. The van der Waals surface area contributed by atoms with Crippen LogP contribution in [0.2, 0.25) is 0 Å². The Bertz CT molecular complexity index is 1180. The number of benzene rings is 2. The van der Waals surface area contributed by atoms with Crippen LogP contribution in [0.1, 0.15) is 0 Å². The number of ether oxygens (including phenoxy) is 1. The van der Waals surface area contributed by atoms with Gasteiger partial charge in [0.2, 0.25) is 5.95 Å². The second-order valence-electron chi connectivity index (χ2n) is 7.71. The zero-order valence-corrected chi connectivity index (χ0v) is 18.4. The Labute approximate surface area is 192 Å². The maximum atomic E-state index is 5.29. The number of piperazine rings is 1. The van der Waals surface area contributed by atoms with Gasteiger partial charge < -0.3 is 19.9 Å². The summed E-state index contributed by atoms with van der Waals surface area (Å²) in [5.74, 6) is 2.41. The van der Waals surface area contributed by atoms with E-state index < -0.39 is 0 Å². The van der Waals surface area contributed by atoms with E-state index in [4.69, 9.17) is 4.74 Å². The van der Waals surface area contributed by atoms with Crippen LogP contribution in [0.4, 0.5) is 23.1 Å². The molecule has 1 aliphatic heterocycles. The molecule has 1 saturated heterocycles. The Morgan fingerprint density at radius 3 is 2.18 bits per heavy atom. The lowest BCUT2D eigenvalue weighted by atomic mass is 10.1. The Hall–Kier alpha value is -4.20. The summed E-state index contributed by atoms with van der Waals surface area (Å²) in [6, 6.07) is 21.9. The van der Waals surface area contributed by atoms with E-state index in [9.17, 15) is 0 Å². The minimum Gasteiger partial charge on any atom is -0.497 e. The van der Waals surface area contributed by atoms with Crippen molar-refractivity contribution in [3.8, 4) is 17.0 Å². The molecule has 3 heterocycles. The highest BCUT2D eigenvalue weighted by atomic mass is 16.5. The number of anilines is 4. The number of methoxy groups -OCH3 is 1. The van der Waals surface area contributed by atoms with Gasteiger partial charge in [-0.1, -0.05) is 30.3 Å². The summed E-state index contributed by atoms with van der Waals surface area (Å²) in [7, 11) is 1.67. The Balaban J connectivity index is 1.42. The molecule has 0 atom stereocenters. The maximum Gasteiger partial charge on any atom is 0.225 e. The van der Waals surface area contributed by atoms with Crippen LogP contribution in [0.15, 0.2) is 79.1 Å². The van der Waals surface area contributed by atoms with Gasteiger partial charge in [0.05, 0.1) is 18.5 Å². The molecule has 0 aliphatic carbocycles. The third-order valence-corrected chi connectivity index (χ3v) is 5.63. The second-order valence-corrected chi connectivity index (χ2v) is 7.71. The van der Waals surface area contributed by atoms with Crippen molar-refractivity contribution in [3.63, 3.8) is 0 Å². The molecule has 8 heteroatoms. The summed E-state index contributed by atoms with van der Waals surface area (Å²) in [4.78, 5) is 13.2. The zero-order chi connectivity index (χ0) is 22.5. The first-order valence-corrected chi connectivity index (χ1v) is 10.9. The number of hydrogen-bond acceptors (Lipinski definition) is 8. The predicted molar refractivity (Wildman–Crippen MR) is 130 cm³/mol. The fourth-order valence-electron chi connectivity index (χ4n) is 3.86. The average Bonchev–Trinajstić information content (AvgIpc) is 2.90. The van der Waals surface area contributed by atoms with Gasteiger partial charge in [-0.15, -0.1) is 10.2 Å². The van der Waals surface area contributed by atoms with Crippen molar-refractivity contribution in [1.29, 1.82) is 0 Å². The molecule has 0 spiro atoms. The van der Waals surface area contributed by atoms with Gasteiger partial charge >= 0.3 is 0 Å². The second kappa shape index (κ2) is 9.52. The highest BCUT2D eigenvalue weighted by Crippen LogP contribution is 2.31. The van der Waals surface area contributed by atoms with E-state index in [1.807, 2.05) is 60.7 Å². The number of nitrogens with zero attached hydrogens (tertiary/aromatic N) is 6. The van der Waals surface area contributed by atoms with Crippen LogP contribution >= 0.6 is 0 Å². The Kier molecular flexibility index (Phi) is 5.97. The van der Waals surface area contributed by atoms with Crippen molar-refractivity contribution in [3.05, 3.63) is 79.1 Å². The molecular weight excluding hydrogens is 414 g/mol. The molecule has 0 radical (unpaired) electrons. The van der Waals surface area contributed by atoms with E-state index in [1.54, 1.807) is 19.5 Å². The van der Waals surface area contributed by atoms with Crippen molar-refractivity contribution < 1.29 is 4.74 Å². The first-order chi connectivity index (χ1) is 16.3. The average molecular weight is 440 g/mol. The van der Waals surface area contributed by atoms with Crippen LogP contribution in [-0.4, -0.2) is 53.5 Å².